The Labute approximate surface area is 319 Å². The molecular weight excluding hydrogens is 709 g/mol. The van der Waals surface area contributed by atoms with Crippen LogP contribution in [0, 0.1) is 26.2 Å². The van der Waals surface area contributed by atoms with Crippen LogP contribution in [0.3, 0.4) is 0 Å². The first-order valence-corrected chi connectivity index (χ1v) is 20.5. The van der Waals surface area contributed by atoms with Gasteiger partial charge in [0.05, 0.1) is 30.9 Å². The number of benzene rings is 1. The summed E-state index contributed by atoms with van der Waals surface area (Å²) in [6.45, 7) is 14.0. The maximum atomic E-state index is 12.9. The minimum atomic E-state index is -3.61. The topological polar surface area (TPSA) is 156 Å². The number of aryl methyl sites for hydroxylation is 4. The summed E-state index contributed by atoms with van der Waals surface area (Å²) < 4.78 is 46.9. The van der Waals surface area contributed by atoms with Crippen molar-refractivity contribution in [1.29, 1.82) is 0 Å². The highest BCUT2D eigenvalue weighted by atomic mass is 32.3. The maximum Gasteiger partial charge on any atom is 0.310 e. The summed E-state index contributed by atoms with van der Waals surface area (Å²) in [5, 5.41) is 20.1. The van der Waals surface area contributed by atoms with Gasteiger partial charge in [-0.15, -0.1) is 15.9 Å². The van der Waals surface area contributed by atoms with E-state index in [0.29, 0.717) is 49.8 Å². The molecule has 6 heterocycles. The first-order valence-electron chi connectivity index (χ1n) is 19.0. The number of ether oxygens (including phenoxy) is 3. The minimum Gasteiger partial charge on any atom is -0.481 e. The number of nitrogens with zero attached hydrogens (tertiary/aromatic N) is 6. The summed E-state index contributed by atoms with van der Waals surface area (Å²) >= 11 is 0. The van der Waals surface area contributed by atoms with Gasteiger partial charge in [0.25, 0.3) is 0 Å². The van der Waals surface area contributed by atoms with Crippen molar-refractivity contribution in [2.75, 3.05) is 46.0 Å². The van der Waals surface area contributed by atoms with Gasteiger partial charge >= 0.3 is 5.97 Å². The zero-order valence-corrected chi connectivity index (χ0v) is 33.1. The van der Waals surface area contributed by atoms with Crippen LogP contribution in [0.15, 0.2) is 41.3 Å². The van der Waals surface area contributed by atoms with Crippen molar-refractivity contribution in [1.82, 2.24) is 29.0 Å². The second-order valence-electron chi connectivity index (χ2n) is 15.9. The average Bonchev–Trinajstić information content (AvgIpc) is 3.41. The van der Waals surface area contributed by atoms with Gasteiger partial charge in [-0.1, -0.05) is 24.6 Å². The normalized spacial score (nSPS) is 20.2. The molecule has 7 rings (SSSR count). The fourth-order valence-electron chi connectivity index (χ4n) is 8.20. The number of pyridine rings is 1. The lowest BCUT2D eigenvalue weighted by atomic mass is 9.72. The van der Waals surface area contributed by atoms with Crippen LogP contribution in [0.2, 0.25) is 0 Å². The molecule has 3 aliphatic rings. The van der Waals surface area contributed by atoms with Crippen molar-refractivity contribution >= 4 is 27.8 Å². The molecule has 1 unspecified atom stereocenters. The number of hydrogen-bond acceptors (Lipinski definition) is 11. The molecule has 1 atom stereocenters. The van der Waals surface area contributed by atoms with Gasteiger partial charge in [-0.2, -0.15) is 14.4 Å². The standard InChI is InChI=1S/C40H54N6O7S/c1-26-10-11-29(34(39(4,5)38(47)48)32-23-30-21-28(3)42-43-35(30)44(32)6)22-31(26)24-46-25-40(12-17-51-18-13-40)53-37-33(54(46,49)50)20-27(2)36(41-37)52-19-16-45-14-8-7-9-15-45/h10-11,20-23,34,49-50H,7-9,12-19,24-25H2,1-6H3,(H,47,48). The van der Waals surface area contributed by atoms with E-state index in [2.05, 4.69) is 15.1 Å². The zero-order chi connectivity index (χ0) is 38.4. The van der Waals surface area contributed by atoms with Gasteiger partial charge in [-0.05, 0) is 95.4 Å². The number of rotatable bonds is 10. The molecule has 3 aromatic heterocycles. The highest BCUT2D eigenvalue weighted by molar-refractivity contribution is 8.22. The number of fused-ring (bicyclic) bond motifs is 2. The van der Waals surface area contributed by atoms with E-state index in [9.17, 15) is 19.0 Å². The Hall–Kier alpha value is -3.79. The highest BCUT2D eigenvalue weighted by Crippen LogP contribution is 2.59. The van der Waals surface area contributed by atoms with Crippen molar-refractivity contribution in [3.05, 3.63) is 70.0 Å². The first kappa shape index (κ1) is 38.5. The molecule has 292 valence electrons. The summed E-state index contributed by atoms with van der Waals surface area (Å²) in [6, 6.07) is 11.7. The number of carboxylic acid groups (broad SMARTS) is 1. The third-order valence-corrected chi connectivity index (χ3v) is 13.4. The Kier molecular flexibility index (Phi) is 10.7. The van der Waals surface area contributed by atoms with E-state index in [1.54, 1.807) is 24.2 Å². The third kappa shape index (κ3) is 7.44. The summed E-state index contributed by atoms with van der Waals surface area (Å²) in [7, 11) is -1.72. The van der Waals surface area contributed by atoms with Crippen molar-refractivity contribution < 1.29 is 33.2 Å². The van der Waals surface area contributed by atoms with Gasteiger partial charge in [0.1, 0.15) is 17.1 Å². The van der Waals surface area contributed by atoms with Crippen LogP contribution in [-0.4, -0.2) is 101 Å². The van der Waals surface area contributed by atoms with E-state index in [-0.39, 0.29) is 23.9 Å². The number of likely N-dealkylation sites (tertiary alicyclic amines) is 1. The lowest BCUT2D eigenvalue weighted by Crippen LogP contribution is -2.49. The van der Waals surface area contributed by atoms with Crippen molar-refractivity contribution in [3.8, 4) is 11.8 Å². The van der Waals surface area contributed by atoms with E-state index < -0.39 is 33.7 Å². The van der Waals surface area contributed by atoms with Crippen LogP contribution >= 0.6 is 10.8 Å². The van der Waals surface area contributed by atoms with E-state index in [1.807, 2.05) is 62.7 Å². The van der Waals surface area contributed by atoms with Gasteiger partial charge in [0.2, 0.25) is 11.8 Å². The van der Waals surface area contributed by atoms with E-state index in [1.165, 1.54) is 19.3 Å². The number of carboxylic acids is 1. The quantitative estimate of drug-likeness (QED) is 0.155. The van der Waals surface area contributed by atoms with E-state index in [4.69, 9.17) is 19.2 Å². The predicted octanol–water partition coefficient (Wildman–Crippen LogP) is 6.86. The molecule has 0 saturated carbocycles. The van der Waals surface area contributed by atoms with Crippen LogP contribution < -0.4 is 9.47 Å². The molecule has 0 bridgehead atoms. The monoisotopic (exact) mass is 762 g/mol. The molecule has 0 radical (unpaired) electrons. The van der Waals surface area contributed by atoms with Crippen molar-refractivity contribution in [3.63, 3.8) is 0 Å². The molecule has 3 N–H and O–H groups in total. The SMILES string of the molecule is Cc1cc2cc(C(c3ccc(C)c(CN4CC5(CCOCC5)Oc5nc(OCCN6CCCCC6)c(C)cc5S4(O)O)c3)C(C)(C)C(=O)O)n(C)c2nn1. The Morgan fingerprint density at radius 1 is 1.02 bits per heavy atom. The maximum absolute atomic E-state index is 12.9. The Balaban J connectivity index is 1.25. The minimum absolute atomic E-state index is 0.181. The molecule has 3 aliphatic heterocycles. The number of aromatic nitrogens is 4. The molecule has 2 fully saturated rings. The smallest absolute Gasteiger partial charge is 0.310 e. The van der Waals surface area contributed by atoms with Gasteiger partial charge in [-0.25, -0.2) is 0 Å². The van der Waals surface area contributed by atoms with Crippen LogP contribution in [0.1, 0.15) is 85.5 Å². The highest BCUT2D eigenvalue weighted by Gasteiger charge is 2.47. The molecule has 1 spiro atoms. The van der Waals surface area contributed by atoms with Gasteiger partial charge in [0, 0.05) is 55.5 Å². The van der Waals surface area contributed by atoms with Crippen LogP contribution in [0.5, 0.6) is 11.8 Å². The molecular formula is C40H54N6O7S. The molecule has 13 nitrogen and oxygen atoms in total. The number of piperidine rings is 1. The third-order valence-electron chi connectivity index (χ3n) is 11.6. The van der Waals surface area contributed by atoms with Crippen molar-refractivity contribution in [2.45, 2.75) is 89.7 Å². The molecule has 0 aliphatic carbocycles. The van der Waals surface area contributed by atoms with Gasteiger partial charge in [-0.3, -0.25) is 18.8 Å². The first-order chi connectivity index (χ1) is 25.7. The lowest BCUT2D eigenvalue weighted by Gasteiger charge is -2.44. The second kappa shape index (κ2) is 15.0. The van der Waals surface area contributed by atoms with Crippen LogP contribution in [-0.2, 0) is 23.1 Å². The Morgan fingerprint density at radius 2 is 1.76 bits per heavy atom. The van der Waals surface area contributed by atoms with Crippen LogP contribution in [0.25, 0.3) is 11.0 Å². The second-order valence-corrected chi connectivity index (χ2v) is 17.9. The Bertz CT molecular complexity index is 2020. The number of aliphatic carboxylic acids is 1. The van der Waals surface area contributed by atoms with E-state index in [0.717, 1.165) is 53.1 Å². The molecule has 1 aromatic carbocycles. The lowest BCUT2D eigenvalue weighted by molar-refractivity contribution is -0.147. The Morgan fingerprint density at radius 3 is 2.48 bits per heavy atom. The average molecular weight is 763 g/mol. The summed E-state index contributed by atoms with van der Waals surface area (Å²) in [5.41, 5.74) is 3.55. The number of hydrogen-bond donors (Lipinski definition) is 3. The molecule has 0 amide bonds. The summed E-state index contributed by atoms with van der Waals surface area (Å²) in [4.78, 5) is 20.4. The molecule has 14 heteroatoms. The fraction of sp³-hybridized carbons (Fsp3) is 0.550. The predicted molar refractivity (Wildman–Crippen MR) is 207 cm³/mol. The summed E-state index contributed by atoms with van der Waals surface area (Å²) in [6.07, 6.45) is 4.78. The molecule has 2 saturated heterocycles. The molecule has 4 aromatic rings. The van der Waals surface area contributed by atoms with Crippen LogP contribution in [0.4, 0.5) is 0 Å². The zero-order valence-electron chi connectivity index (χ0n) is 32.3. The van der Waals surface area contributed by atoms with E-state index >= 15 is 0 Å². The van der Waals surface area contributed by atoms with Gasteiger partial charge < -0.3 is 23.9 Å². The molecule has 54 heavy (non-hydrogen) atoms. The fourth-order valence-corrected chi connectivity index (χ4v) is 9.87. The van der Waals surface area contributed by atoms with Crippen molar-refractivity contribution in [2.24, 2.45) is 12.5 Å². The summed E-state index contributed by atoms with van der Waals surface area (Å²) in [5.74, 6) is -0.885. The number of carbonyl (C=O) groups is 1. The largest absolute Gasteiger partial charge is 0.481 e. The van der Waals surface area contributed by atoms with Gasteiger partial charge in [0.15, 0.2) is 5.65 Å².